The molecule has 0 aromatic rings. The Kier molecular flexibility index (Phi) is 2.82. The fraction of sp³-hybridized carbons (Fsp3) is 1.00. The number of nitrogens with one attached hydrogen (secondary N) is 1. The molecule has 0 radical (unpaired) electrons. The van der Waals surface area contributed by atoms with Gasteiger partial charge in [-0.15, -0.1) is 0 Å². The summed E-state index contributed by atoms with van der Waals surface area (Å²) in [6, 6.07) is 1.75. The minimum absolute atomic E-state index is 0.487. The van der Waals surface area contributed by atoms with Crippen LogP contribution in [0.2, 0.25) is 0 Å². The van der Waals surface area contributed by atoms with Crippen molar-refractivity contribution >= 4 is 0 Å². The molecule has 0 saturated heterocycles. The molecule has 0 spiro atoms. The minimum Gasteiger partial charge on any atom is -0.310 e. The molecule has 4 aliphatic rings. The molecule has 4 saturated carbocycles. The van der Waals surface area contributed by atoms with Crippen LogP contribution in [-0.2, 0) is 0 Å². The van der Waals surface area contributed by atoms with Crippen molar-refractivity contribution in [3.05, 3.63) is 0 Å². The summed E-state index contributed by atoms with van der Waals surface area (Å²) in [6.07, 6.45) is 10.5. The summed E-state index contributed by atoms with van der Waals surface area (Å²) >= 11 is 0. The van der Waals surface area contributed by atoms with Gasteiger partial charge in [0.25, 0.3) is 0 Å². The number of hydrogen-bond donors (Lipinski definition) is 1. The van der Waals surface area contributed by atoms with Gasteiger partial charge in [0.2, 0.25) is 0 Å². The van der Waals surface area contributed by atoms with Gasteiger partial charge in [-0.05, 0) is 67.1 Å². The van der Waals surface area contributed by atoms with Crippen molar-refractivity contribution in [1.29, 1.82) is 0 Å². The van der Waals surface area contributed by atoms with Crippen molar-refractivity contribution in [3.63, 3.8) is 0 Å². The van der Waals surface area contributed by atoms with Crippen LogP contribution >= 0.6 is 0 Å². The first-order valence-corrected chi connectivity index (χ1v) is 8.82. The summed E-state index contributed by atoms with van der Waals surface area (Å²) in [7, 11) is 0. The first-order chi connectivity index (χ1) is 9.05. The van der Waals surface area contributed by atoms with Crippen molar-refractivity contribution in [3.8, 4) is 0 Å². The van der Waals surface area contributed by atoms with E-state index < -0.39 is 0 Å². The molecule has 0 amide bonds. The van der Waals surface area contributed by atoms with Crippen LogP contribution in [0.3, 0.4) is 0 Å². The third kappa shape index (κ3) is 1.99. The largest absolute Gasteiger partial charge is 0.310 e. The topological polar surface area (TPSA) is 12.0 Å². The predicted molar refractivity (Wildman–Crippen MR) is 79.9 cm³/mol. The van der Waals surface area contributed by atoms with Crippen LogP contribution in [-0.4, -0.2) is 12.1 Å². The number of fused-ring (bicyclic) bond motifs is 5. The van der Waals surface area contributed by atoms with Gasteiger partial charge in [-0.25, -0.2) is 0 Å². The molecule has 1 heteroatoms. The maximum absolute atomic E-state index is 4.15. The van der Waals surface area contributed by atoms with Crippen LogP contribution in [0.25, 0.3) is 0 Å². The van der Waals surface area contributed by atoms with Crippen molar-refractivity contribution in [2.45, 2.75) is 77.8 Å². The lowest BCUT2D eigenvalue weighted by molar-refractivity contribution is 0.126. The Balaban J connectivity index is 1.42. The second kappa shape index (κ2) is 4.23. The Hall–Kier alpha value is -0.0400. The van der Waals surface area contributed by atoms with Gasteiger partial charge in [0.15, 0.2) is 0 Å². The zero-order valence-corrected chi connectivity index (χ0v) is 13.0. The molecule has 6 unspecified atom stereocenters. The highest BCUT2D eigenvalue weighted by molar-refractivity contribution is 5.17. The van der Waals surface area contributed by atoms with E-state index in [-0.39, 0.29) is 0 Å². The molecule has 19 heavy (non-hydrogen) atoms. The van der Waals surface area contributed by atoms with Crippen LogP contribution in [0.15, 0.2) is 0 Å². The van der Waals surface area contributed by atoms with Gasteiger partial charge >= 0.3 is 0 Å². The molecule has 0 aromatic heterocycles. The highest BCUT2D eigenvalue weighted by Crippen LogP contribution is 2.65. The third-order valence-corrected chi connectivity index (χ3v) is 7.02. The fourth-order valence-corrected chi connectivity index (χ4v) is 6.16. The first kappa shape index (κ1) is 12.7. The lowest BCUT2D eigenvalue weighted by atomic mass is 9.69. The van der Waals surface area contributed by atoms with Crippen molar-refractivity contribution in [2.24, 2.45) is 35.0 Å². The van der Waals surface area contributed by atoms with E-state index in [1.165, 1.54) is 25.7 Å². The zero-order valence-electron chi connectivity index (χ0n) is 13.0. The van der Waals surface area contributed by atoms with Crippen molar-refractivity contribution < 1.29 is 0 Å². The van der Waals surface area contributed by atoms with E-state index in [1.54, 1.807) is 19.3 Å². The molecule has 1 nitrogen and oxygen atoms in total. The summed E-state index contributed by atoms with van der Waals surface area (Å²) in [5.74, 6) is 5.33. The summed E-state index contributed by atoms with van der Waals surface area (Å²) < 4.78 is 0. The van der Waals surface area contributed by atoms with E-state index in [2.05, 4.69) is 26.1 Å². The molecule has 4 fully saturated rings. The monoisotopic (exact) mass is 261 g/mol. The second-order valence-electron chi connectivity index (χ2n) is 9.04. The Morgan fingerprint density at radius 1 is 0.842 bits per heavy atom. The van der Waals surface area contributed by atoms with E-state index in [4.69, 9.17) is 0 Å². The SMILES string of the molecule is CC(C)(C)C1CCCCC1NC1C2C3CCC(C3)C12. The van der Waals surface area contributed by atoms with Crippen LogP contribution in [0.4, 0.5) is 0 Å². The normalized spacial score (nSPS) is 52.3. The molecule has 4 aliphatic carbocycles. The van der Waals surface area contributed by atoms with Crippen LogP contribution < -0.4 is 5.32 Å². The molecular weight excluding hydrogens is 230 g/mol. The summed E-state index contributed by atoms with van der Waals surface area (Å²) in [5, 5.41) is 4.15. The Morgan fingerprint density at radius 2 is 1.47 bits per heavy atom. The van der Waals surface area contributed by atoms with Crippen molar-refractivity contribution in [2.75, 3.05) is 0 Å². The van der Waals surface area contributed by atoms with Gasteiger partial charge in [0.05, 0.1) is 0 Å². The molecule has 1 N–H and O–H groups in total. The minimum atomic E-state index is 0.487. The van der Waals surface area contributed by atoms with Gasteiger partial charge in [-0.3, -0.25) is 0 Å². The standard InChI is InChI=1S/C18H31N/c1-18(2,3)13-6-4-5-7-14(13)19-17-15-11-8-9-12(10-11)16(15)17/h11-17,19H,4-10H2,1-3H3. The van der Waals surface area contributed by atoms with Gasteiger partial charge in [0.1, 0.15) is 0 Å². The van der Waals surface area contributed by atoms with Crippen LogP contribution in [0.5, 0.6) is 0 Å². The average molecular weight is 261 g/mol. The smallest absolute Gasteiger partial charge is 0.0138 e. The summed E-state index contributed by atoms with van der Waals surface area (Å²) in [5.41, 5.74) is 0.487. The number of hydrogen-bond acceptors (Lipinski definition) is 1. The van der Waals surface area contributed by atoms with Gasteiger partial charge < -0.3 is 5.32 Å². The van der Waals surface area contributed by atoms with E-state index in [0.29, 0.717) is 5.41 Å². The van der Waals surface area contributed by atoms with E-state index >= 15 is 0 Å². The Bertz CT molecular complexity index is 339. The second-order valence-corrected chi connectivity index (χ2v) is 9.04. The fourth-order valence-electron chi connectivity index (χ4n) is 6.16. The zero-order chi connectivity index (χ0) is 13.2. The molecule has 0 heterocycles. The van der Waals surface area contributed by atoms with E-state index in [9.17, 15) is 0 Å². The molecule has 108 valence electrons. The summed E-state index contributed by atoms with van der Waals surface area (Å²) in [6.45, 7) is 7.36. The first-order valence-electron chi connectivity index (χ1n) is 8.82. The molecule has 6 atom stereocenters. The van der Waals surface area contributed by atoms with Gasteiger partial charge in [-0.2, -0.15) is 0 Å². The quantitative estimate of drug-likeness (QED) is 0.784. The summed E-state index contributed by atoms with van der Waals surface area (Å²) in [4.78, 5) is 0. The van der Waals surface area contributed by atoms with E-state index in [1.807, 2.05) is 0 Å². The van der Waals surface area contributed by atoms with E-state index in [0.717, 1.165) is 41.7 Å². The van der Waals surface area contributed by atoms with Crippen LogP contribution in [0.1, 0.15) is 65.7 Å². The molecule has 4 rings (SSSR count). The lowest BCUT2D eigenvalue weighted by Crippen LogP contribution is -2.46. The van der Waals surface area contributed by atoms with Crippen molar-refractivity contribution in [1.82, 2.24) is 5.32 Å². The molecular formula is C18H31N. The Labute approximate surface area is 118 Å². The predicted octanol–water partition coefficient (Wildman–Crippen LogP) is 4.23. The Morgan fingerprint density at radius 3 is 2.11 bits per heavy atom. The maximum Gasteiger partial charge on any atom is 0.0138 e. The number of rotatable bonds is 2. The lowest BCUT2D eigenvalue weighted by Gasteiger charge is -2.41. The average Bonchev–Trinajstić information content (AvgIpc) is 2.77. The highest BCUT2D eigenvalue weighted by atomic mass is 15.1. The molecule has 2 bridgehead atoms. The molecule has 0 aliphatic heterocycles. The van der Waals surface area contributed by atoms with Gasteiger partial charge in [-0.1, -0.05) is 33.6 Å². The maximum atomic E-state index is 4.15. The van der Waals surface area contributed by atoms with Crippen LogP contribution in [0, 0.1) is 35.0 Å². The third-order valence-electron chi connectivity index (χ3n) is 7.02. The highest BCUT2D eigenvalue weighted by Gasteiger charge is 2.65. The van der Waals surface area contributed by atoms with Gasteiger partial charge in [0, 0.05) is 12.1 Å². The molecule has 0 aromatic carbocycles.